The number of benzene rings is 1. The molecular weight excluding hydrogens is 269 g/mol. The third-order valence-electron chi connectivity index (χ3n) is 3.51. The molecule has 1 aromatic carbocycles. The molecule has 1 heterocycles. The fourth-order valence-electron chi connectivity index (χ4n) is 2.46. The van der Waals surface area contributed by atoms with Gasteiger partial charge in [-0.1, -0.05) is 13.0 Å². The summed E-state index contributed by atoms with van der Waals surface area (Å²) in [6.07, 6.45) is 4.31. The molecule has 2 aromatic rings. The Balaban J connectivity index is 1.96. The van der Waals surface area contributed by atoms with Crippen molar-refractivity contribution in [3.8, 4) is 5.75 Å². The Morgan fingerprint density at radius 2 is 2.19 bits per heavy atom. The summed E-state index contributed by atoms with van der Waals surface area (Å²) in [5.41, 5.74) is 0.971. The zero-order chi connectivity index (χ0) is 15.1. The van der Waals surface area contributed by atoms with E-state index in [4.69, 9.17) is 9.15 Å². The molecule has 21 heavy (non-hydrogen) atoms. The number of rotatable bonds is 8. The van der Waals surface area contributed by atoms with Gasteiger partial charge in [0, 0.05) is 12.5 Å². The maximum absolute atomic E-state index is 13.7. The van der Waals surface area contributed by atoms with Crippen molar-refractivity contribution in [2.24, 2.45) is 0 Å². The lowest BCUT2D eigenvalue weighted by molar-refractivity contribution is 0.385. The molecule has 0 radical (unpaired) electrons. The van der Waals surface area contributed by atoms with Gasteiger partial charge in [0.05, 0.1) is 13.4 Å². The predicted molar refractivity (Wildman–Crippen MR) is 81.1 cm³/mol. The average molecular weight is 291 g/mol. The normalized spacial score (nSPS) is 12.3. The summed E-state index contributed by atoms with van der Waals surface area (Å²) >= 11 is 0. The summed E-state index contributed by atoms with van der Waals surface area (Å²) in [7, 11) is 1.48. The van der Waals surface area contributed by atoms with Crippen molar-refractivity contribution in [3.63, 3.8) is 0 Å². The van der Waals surface area contributed by atoms with Crippen molar-refractivity contribution in [1.82, 2.24) is 5.32 Å². The fraction of sp³-hybridized carbons (Fsp3) is 0.412. The summed E-state index contributed by atoms with van der Waals surface area (Å²) in [5.74, 6) is 0.962. The minimum absolute atomic E-state index is 0.286. The van der Waals surface area contributed by atoms with Crippen LogP contribution in [0.25, 0.3) is 0 Å². The van der Waals surface area contributed by atoms with Crippen LogP contribution in [0.2, 0.25) is 0 Å². The Morgan fingerprint density at radius 1 is 1.33 bits per heavy atom. The number of aryl methyl sites for hydroxylation is 1. The van der Waals surface area contributed by atoms with Crippen LogP contribution in [-0.4, -0.2) is 19.7 Å². The van der Waals surface area contributed by atoms with Gasteiger partial charge in [0.1, 0.15) is 5.76 Å². The Labute approximate surface area is 125 Å². The van der Waals surface area contributed by atoms with E-state index in [0.717, 1.165) is 37.1 Å². The van der Waals surface area contributed by atoms with E-state index < -0.39 is 0 Å². The zero-order valence-corrected chi connectivity index (χ0v) is 12.6. The summed E-state index contributed by atoms with van der Waals surface area (Å²) in [6.45, 7) is 2.97. The van der Waals surface area contributed by atoms with Crippen molar-refractivity contribution >= 4 is 0 Å². The van der Waals surface area contributed by atoms with Crippen LogP contribution in [-0.2, 0) is 12.8 Å². The highest BCUT2D eigenvalue weighted by molar-refractivity contribution is 5.29. The van der Waals surface area contributed by atoms with Gasteiger partial charge in [0.2, 0.25) is 0 Å². The molecule has 0 saturated carbocycles. The van der Waals surface area contributed by atoms with Crippen molar-refractivity contribution < 1.29 is 13.5 Å². The topological polar surface area (TPSA) is 34.4 Å². The molecule has 0 aliphatic rings. The summed E-state index contributed by atoms with van der Waals surface area (Å²) in [4.78, 5) is 0. The number of hydrogen-bond donors (Lipinski definition) is 1. The van der Waals surface area contributed by atoms with Crippen LogP contribution < -0.4 is 10.1 Å². The monoisotopic (exact) mass is 291 g/mol. The van der Waals surface area contributed by atoms with Crippen LogP contribution >= 0.6 is 0 Å². The molecule has 1 atom stereocenters. The van der Waals surface area contributed by atoms with E-state index in [-0.39, 0.29) is 11.6 Å². The van der Waals surface area contributed by atoms with Gasteiger partial charge in [0.15, 0.2) is 11.6 Å². The molecule has 1 unspecified atom stereocenters. The van der Waals surface area contributed by atoms with E-state index in [2.05, 4.69) is 12.2 Å². The first-order valence-corrected chi connectivity index (χ1v) is 7.31. The largest absolute Gasteiger partial charge is 0.494 e. The molecule has 3 nitrogen and oxygen atoms in total. The van der Waals surface area contributed by atoms with Gasteiger partial charge in [0.25, 0.3) is 0 Å². The molecule has 4 heteroatoms. The molecule has 0 aliphatic heterocycles. The van der Waals surface area contributed by atoms with Crippen LogP contribution in [0.1, 0.15) is 24.7 Å². The fourth-order valence-corrected chi connectivity index (χ4v) is 2.46. The van der Waals surface area contributed by atoms with E-state index in [1.807, 2.05) is 18.2 Å². The minimum Gasteiger partial charge on any atom is -0.494 e. The summed E-state index contributed by atoms with van der Waals surface area (Å²) in [6, 6.07) is 9.33. The van der Waals surface area contributed by atoms with Gasteiger partial charge >= 0.3 is 0 Å². The lowest BCUT2D eigenvalue weighted by atomic mass is 10.0. The quantitative estimate of drug-likeness (QED) is 0.807. The Bertz CT molecular complexity index is 540. The van der Waals surface area contributed by atoms with Crippen LogP contribution in [0.15, 0.2) is 41.0 Å². The summed E-state index contributed by atoms with van der Waals surface area (Å²) in [5, 5.41) is 3.45. The molecular formula is C17H22FNO2. The molecule has 114 valence electrons. The van der Waals surface area contributed by atoms with Crippen molar-refractivity contribution in [2.45, 2.75) is 32.2 Å². The molecule has 0 spiro atoms. The Hall–Kier alpha value is -1.81. The molecule has 0 bridgehead atoms. The van der Waals surface area contributed by atoms with Crippen LogP contribution in [0.3, 0.4) is 0 Å². The minimum atomic E-state index is -0.309. The van der Waals surface area contributed by atoms with E-state index in [9.17, 15) is 4.39 Å². The van der Waals surface area contributed by atoms with Gasteiger partial charge in [-0.25, -0.2) is 4.39 Å². The number of ether oxygens (including phenoxy) is 1. The molecule has 0 fully saturated rings. The lowest BCUT2D eigenvalue weighted by Crippen LogP contribution is -2.31. The van der Waals surface area contributed by atoms with Crippen LogP contribution in [0, 0.1) is 5.82 Å². The zero-order valence-electron chi connectivity index (χ0n) is 12.6. The number of methoxy groups -OCH3 is 1. The van der Waals surface area contributed by atoms with Crippen LogP contribution in [0.5, 0.6) is 5.75 Å². The highest BCUT2D eigenvalue weighted by atomic mass is 19.1. The first-order valence-electron chi connectivity index (χ1n) is 7.31. The smallest absolute Gasteiger partial charge is 0.165 e. The van der Waals surface area contributed by atoms with E-state index >= 15 is 0 Å². The maximum Gasteiger partial charge on any atom is 0.165 e. The number of hydrogen-bond acceptors (Lipinski definition) is 3. The number of nitrogens with one attached hydrogen (secondary N) is 1. The highest BCUT2D eigenvalue weighted by Gasteiger charge is 2.11. The standard InChI is InChI=1S/C17H22FNO2/c1-3-19-14(7-8-15-5-4-10-21-15)11-13-6-9-17(20-2)16(18)12-13/h4-6,9-10,12,14,19H,3,7-8,11H2,1-2H3. The number of furan rings is 1. The van der Waals surface area contributed by atoms with E-state index in [1.54, 1.807) is 18.4 Å². The summed E-state index contributed by atoms with van der Waals surface area (Å²) < 4.78 is 24.0. The van der Waals surface area contributed by atoms with Gasteiger partial charge < -0.3 is 14.5 Å². The molecule has 0 aliphatic carbocycles. The third kappa shape index (κ3) is 4.60. The lowest BCUT2D eigenvalue weighted by Gasteiger charge is -2.17. The second-order valence-electron chi connectivity index (χ2n) is 5.05. The second kappa shape index (κ2) is 7.84. The predicted octanol–water partition coefficient (Wildman–Crippen LogP) is 3.58. The highest BCUT2D eigenvalue weighted by Crippen LogP contribution is 2.19. The SMILES string of the molecule is CCNC(CCc1ccco1)Cc1ccc(OC)c(F)c1. The van der Waals surface area contributed by atoms with Gasteiger partial charge in [-0.05, 0) is 49.2 Å². The first kappa shape index (κ1) is 15.6. The Kier molecular flexibility index (Phi) is 5.81. The van der Waals surface area contributed by atoms with Gasteiger partial charge in [-0.3, -0.25) is 0 Å². The molecule has 0 saturated heterocycles. The number of halogens is 1. The second-order valence-corrected chi connectivity index (χ2v) is 5.05. The van der Waals surface area contributed by atoms with E-state index in [0.29, 0.717) is 6.04 Å². The maximum atomic E-state index is 13.7. The van der Waals surface area contributed by atoms with Crippen molar-refractivity contribution in [2.75, 3.05) is 13.7 Å². The third-order valence-corrected chi connectivity index (χ3v) is 3.51. The average Bonchev–Trinajstić information content (AvgIpc) is 2.98. The van der Waals surface area contributed by atoms with Gasteiger partial charge in [-0.15, -0.1) is 0 Å². The number of likely N-dealkylation sites (N-methyl/N-ethyl adjacent to an activating group) is 1. The van der Waals surface area contributed by atoms with E-state index in [1.165, 1.54) is 7.11 Å². The van der Waals surface area contributed by atoms with Gasteiger partial charge in [-0.2, -0.15) is 0 Å². The van der Waals surface area contributed by atoms with Crippen molar-refractivity contribution in [3.05, 3.63) is 53.7 Å². The molecule has 2 rings (SSSR count). The molecule has 0 amide bonds. The molecule has 1 aromatic heterocycles. The Morgan fingerprint density at radius 3 is 2.81 bits per heavy atom. The van der Waals surface area contributed by atoms with Crippen LogP contribution in [0.4, 0.5) is 4.39 Å². The first-order chi connectivity index (χ1) is 10.2. The van der Waals surface area contributed by atoms with Crippen molar-refractivity contribution in [1.29, 1.82) is 0 Å². The molecule has 1 N–H and O–H groups in total.